The van der Waals surface area contributed by atoms with E-state index in [0.717, 1.165) is 30.0 Å². The first kappa shape index (κ1) is 13.2. The van der Waals surface area contributed by atoms with Crippen molar-refractivity contribution in [2.45, 2.75) is 25.8 Å². The summed E-state index contributed by atoms with van der Waals surface area (Å²) < 4.78 is 0. The van der Waals surface area contributed by atoms with E-state index in [2.05, 4.69) is 26.9 Å². The summed E-state index contributed by atoms with van der Waals surface area (Å²) in [6.07, 6.45) is 2.04. The molecule has 0 unspecified atom stereocenters. The molecule has 1 atom stereocenters. The Bertz CT molecular complexity index is 619. The highest BCUT2D eigenvalue weighted by molar-refractivity contribution is 7.18. The zero-order valence-corrected chi connectivity index (χ0v) is 12.1. The molecule has 3 rings (SSSR count). The molecule has 3 N–H and O–H groups in total. The predicted molar refractivity (Wildman–Crippen MR) is 78.5 cm³/mol. The molecule has 0 bridgehead atoms. The zero-order chi connectivity index (χ0) is 13.9. The van der Waals surface area contributed by atoms with E-state index in [-0.39, 0.29) is 11.9 Å². The van der Waals surface area contributed by atoms with Gasteiger partial charge in [-0.05, 0) is 13.0 Å². The van der Waals surface area contributed by atoms with Gasteiger partial charge in [0.15, 0.2) is 6.04 Å². The largest absolute Gasteiger partial charge is 0.336 e. The van der Waals surface area contributed by atoms with Crippen LogP contribution in [0.25, 0.3) is 10.6 Å². The Morgan fingerprint density at radius 1 is 1.45 bits per heavy atom. The van der Waals surface area contributed by atoms with E-state index in [1.807, 2.05) is 25.1 Å². The molecule has 1 aliphatic heterocycles. The molecule has 1 aromatic carbocycles. The average Bonchev–Trinajstić information content (AvgIpc) is 3.10. The summed E-state index contributed by atoms with van der Waals surface area (Å²) in [5.41, 5.74) is 2.22. The molecule has 5 nitrogen and oxygen atoms in total. The number of hydrogen-bond acceptors (Lipinski definition) is 4. The van der Waals surface area contributed by atoms with Gasteiger partial charge >= 0.3 is 0 Å². The van der Waals surface area contributed by atoms with E-state index < -0.39 is 0 Å². The molecule has 1 fully saturated rings. The van der Waals surface area contributed by atoms with Gasteiger partial charge in [-0.2, -0.15) is 0 Å². The first-order valence-corrected chi connectivity index (χ1v) is 7.59. The summed E-state index contributed by atoms with van der Waals surface area (Å²) in [6.45, 7) is 3.08. The van der Waals surface area contributed by atoms with E-state index in [4.69, 9.17) is 0 Å². The zero-order valence-electron chi connectivity index (χ0n) is 11.3. The molecule has 1 aromatic heterocycles. The van der Waals surface area contributed by atoms with Crippen molar-refractivity contribution in [2.24, 2.45) is 0 Å². The molecular formula is C14H17N4OS+. The van der Waals surface area contributed by atoms with Crippen LogP contribution in [0.1, 0.15) is 18.4 Å². The molecule has 2 aromatic rings. The summed E-state index contributed by atoms with van der Waals surface area (Å²) >= 11 is 1.41. The Morgan fingerprint density at radius 2 is 2.35 bits per heavy atom. The van der Waals surface area contributed by atoms with Crippen LogP contribution in [0.5, 0.6) is 0 Å². The Morgan fingerprint density at radius 3 is 3.10 bits per heavy atom. The summed E-state index contributed by atoms with van der Waals surface area (Å²) in [5, 5.41) is 14.6. The van der Waals surface area contributed by atoms with Crippen molar-refractivity contribution < 1.29 is 10.1 Å². The molecule has 2 heterocycles. The van der Waals surface area contributed by atoms with Crippen LogP contribution in [0, 0.1) is 6.92 Å². The van der Waals surface area contributed by atoms with Crippen LogP contribution in [0.2, 0.25) is 0 Å². The minimum Gasteiger partial charge on any atom is -0.336 e. The van der Waals surface area contributed by atoms with E-state index in [1.165, 1.54) is 16.9 Å². The van der Waals surface area contributed by atoms with E-state index in [1.54, 1.807) is 0 Å². The van der Waals surface area contributed by atoms with Gasteiger partial charge in [0.2, 0.25) is 5.13 Å². The number of rotatable bonds is 3. The lowest BCUT2D eigenvalue weighted by molar-refractivity contribution is -0.656. The van der Waals surface area contributed by atoms with Crippen molar-refractivity contribution in [2.75, 3.05) is 11.9 Å². The van der Waals surface area contributed by atoms with Crippen molar-refractivity contribution >= 4 is 22.4 Å². The minimum atomic E-state index is 0.0290. The van der Waals surface area contributed by atoms with Crippen molar-refractivity contribution in [3.8, 4) is 10.6 Å². The van der Waals surface area contributed by atoms with Gasteiger partial charge in [0.1, 0.15) is 5.01 Å². The highest BCUT2D eigenvalue weighted by atomic mass is 32.1. The monoisotopic (exact) mass is 289 g/mol. The third kappa shape index (κ3) is 2.86. The van der Waals surface area contributed by atoms with Crippen molar-refractivity contribution in [1.82, 2.24) is 10.2 Å². The topological polar surface area (TPSA) is 71.5 Å². The maximum Gasteiger partial charge on any atom is 0.284 e. The van der Waals surface area contributed by atoms with E-state index in [0.29, 0.717) is 5.13 Å². The number of nitrogens with two attached hydrogens (primary N) is 1. The fraction of sp³-hybridized carbons (Fsp3) is 0.357. The van der Waals surface area contributed by atoms with Gasteiger partial charge in [-0.1, -0.05) is 35.1 Å². The molecule has 20 heavy (non-hydrogen) atoms. The quantitative estimate of drug-likeness (QED) is 0.891. The Kier molecular flexibility index (Phi) is 3.75. The van der Waals surface area contributed by atoms with Crippen LogP contribution in [0.3, 0.4) is 0 Å². The van der Waals surface area contributed by atoms with Crippen LogP contribution >= 0.6 is 11.3 Å². The lowest BCUT2D eigenvalue weighted by Gasteiger charge is -2.04. The van der Waals surface area contributed by atoms with E-state index >= 15 is 0 Å². The van der Waals surface area contributed by atoms with Gasteiger partial charge in [0.25, 0.3) is 5.91 Å². The number of carbonyl (C=O) groups is 1. The number of nitrogens with one attached hydrogen (secondary N) is 1. The molecule has 1 amide bonds. The van der Waals surface area contributed by atoms with Crippen LogP contribution in [-0.4, -0.2) is 28.7 Å². The second-order valence-corrected chi connectivity index (χ2v) is 6.02. The predicted octanol–water partition coefficient (Wildman–Crippen LogP) is 1.18. The molecule has 0 saturated carbocycles. The fourth-order valence-electron chi connectivity index (χ4n) is 2.38. The highest BCUT2D eigenvalue weighted by Gasteiger charge is 2.26. The van der Waals surface area contributed by atoms with Gasteiger partial charge in [-0.25, -0.2) is 0 Å². The molecule has 6 heteroatoms. The number of nitrogens with zero attached hydrogens (tertiary/aromatic N) is 2. The average molecular weight is 289 g/mol. The summed E-state index contributed by atoms with van der Waals surface area (Å²) in [5.74, 6) is 0.0365. The molecule has 0 spiro atoms. The molecule has 1 aliphatic rings. The second kappa shape index (κ2) is 5.68. The maximum atomic E-state index is 12.0. The normalized spacial score (nSPS) is 18.1. The maximum absolute atomic E-state index is 12.0. The van der Waals surface area contributed by atoms with Crippen molar-refractivity contribution in [3.05, 3.63) is 29.8 Å². The van der Waals surface area contributed by atoms with Crippen LogP contribution in [0.4, 0.5) is 5.13 Å². The summed E-state index contributed by atoms with van der Waals surface area (Å²) in [6, 6.07) is 8.14. The van der Waals surface area contributed by atoms with Crippen LogP contribution in [0.15, 0.2) is 24.3 Å². The van der Waals surface area contributed by atoms with Crippen LogP contribution < -0.4 is 10.6 Å². The highest BCUT2D eigenvalue weighted by Crippen LogP contribution is 2.26. The molecule has 1 saturated heterocycles. The summed E-state index contributed by atoms with van der Waals surface area (Å²) in [7, 11) is 0. The number of anilines is 1. The second-order valence-electron chi connectivity index (χ2n) is 5.04. The smallest absolute Gasteiger partial charge is 0.284 e. The standard InChI is InChI=1S/C14H16N4OS/c1-9-4-2-5-10(8-9)13-17-18-14(20-13)16-12(19)11-6-3-7-15-11/h2,4-5,8,11,15H,3,6-7H2,1H3,(H,16,18,19)/p+1/t11-/m1/s1. The number of carbonyl (C=O) groups excluding carboxylic acids is 1. The van der Waals surface area contributed by atoms with Gasteiger partial charge in [-0.3, -0.25) is 10.1 Å². The van der Waals surface area contributed by atoms with E-state index in [9.17, 15) is 4.79 Å². The minimum absolute atomic E-state index is 0.0290. The van der Waals surface area contributed by atoms with Crippen LogP contribution in [-0.2, 0) is 4.79 Å². The lowest BCUT2D eigenvalue weighted by atomic mass is 10.1. The summed E-state index contributed by atoms with van der Waals surface area (Å²) in [4.78, 5) is 12.0. The molecule has 0 radical (unpaired) electrons. The third-order valence-electron chi connectivity index (χ3n) is 3.43. The van der Waals surface area contributed by atoms with Gasteiger partial charge < -0.3 is 5.32 Å². The molecule has 0 aliphatic carbocycles. The first-order valence-electron chi connectivity index (χ1n) is 6.77. The Labute approximate surface area is 121 Å². The lowest BCUT2D eigenvalue weighted by Crippen LogP contribution is -2.88. The number of aryl methyl sites for hydroxylation is 1. The third-order valence-corrected chi connectivity index (χ3v) is 4.32. The number of hydrogen-bond donors (Lipinski definition) is 2. The van der Waals surface area contributed by atoms with Gasteiger partial charge in [-0.15, -0.1) is 10.2 Å². The number of quaternary nitrogens is 1. The number of amides is 1. The van der Waals surface area contributed by atoms with Crippen molar-refractivity contribution in [3.63, 3.8) is 0 Å². The Hall–Kier alpha value is -1.79. The first-order chi connectivity index (χ1) is 9.72. The van der Waals surface area contributed by atoms with Crippen molar-refractivity contribution in [1.29, 1.82) is 0 Å². The number of aromatic nitrogens is 2. The SMILES string of the molecule is Cc1cccc(-c2nnc(NC(=O)[C@H]3CCC[NH2+]3)s2)c1. The molecular weight excluding hydrogens is 272 g/mol. The molecule has 104 valence electrons. The van der Waals surface area contributed by atoms with Gasteiger partial charge in [0.05, 0.1) is 6.54 Å². The number of benzene rings is 1. The van der Waals surface area contributed by atoms with Gasteiger partial charge in [0, 0.05) is 18.4 Å². The fourth-order valence-corrected chi connectivity index (χ4v) is 3.12. The Balaban J connectivity index is 1.72.